The molecule has 0 spiro atoms. The molecule has 0 aliphatic carbocycles. The van der Waals surface area contributed by atoms with E-state index >= 15 is 0 Å². The van der Waals surface area contributed by atoms with Crippen molar-refractivity contribution in [2.75, 3.05) is 26.4 Å². The molecular weight excluding hydrogens is 708 g/mol. The highest BCUT2D eigenvalue weighted by Gasteiger charge is 2.39. The largest absolute Gasteiger partial charge is 0.493 e. The van der Waals surface area contributed by atoms with E-state index < -0.39 is 24.3 Å². The number of pyridine rings is 1. The molecule has 272 valence electrons. The van der Waals surface area contributed by atoms with Crippen LogP contribution >= 0.6 is 11.6 Å². The molecule has 50 heavy (non-hydrogen) atoms. The van der Waals surface area contributed by atoms with E-state index in [9.17, 15) is 36.2 Å². The summed E-state index contributed by atoms with van der Waals surface area (Å²) in [7, 11) is 3.36. The van der Waals surface area contributed by atoms with Gasteiger partial charge in [0.2, 0.25) is 0 Å². The monoisotopic (exact) mass is 737 g/mol. The second kappa shape index (κ2) is 16.4. The average Bonchev–Trinajstić information content (AvgIpc) is 3.42. The van der Waals surface area contributed by atoms with Gasteiger partial charge >= 0.3 is 24.3 Å². The van der Waals surface area contributed by atoms with Gasteiger partial charge in [-0.15, -0.1) is 0 Å². The summed E-state index contributed by atoms with van der Waals surface area (Å²) in [6.45, 7) is 5.86. The molecule has 14 nitrogen and oxygen atoms in total. The Kier molecular flexibility index (Phi) is 13.5. The van der Waals surface area contributed by atoms with Gasteiger partial charge < -0.3 is 30.7 Å². The average molecular weight is 738 g/mol. The summed E-state index contributed by atoms with van der Waals surface area (Å²) in [5.41, 5.74) is 10.4. The maximum Gasteiger partial charge on any atom is 0.490 e. The van der Waals surface area contributed by atoms with Crippen molar-refractivity contribution in [3.05, 3.63) is 58.3 Å². The Labute approximate surface area is 284 Å². The van der Waals surface area contributed by atoms with Crippen LogP contribution < -0.4 is 10.5 Å². The van der Waals surface area contributed by atoms with Gasteiger partial charge in [-0.3, -0.25) is 9.78 Å². The number of hydrogen-bond donors (Lipinski definition) is 4. The number of rotatable bonds is 7. The van der Waals surface area contributed by atoms with Crippen LogP contribution in [-0.2, 0) is 16.2 Å². The van der Waals surface area contributed by atoms with Gasteiger partial charge in [0.15, 0.2) is 5.65 Å². The molecule has 1 unspecified atom stereocenters. The van der Waals surface area contributed by atoms with E-state index in [4.69, 9.17) is 41.9 Å². The molecule has 0 fully saturated rings. The maximum absolute atomic E-state index is 12.3. The molecule has 4 aromatic rings. The number of nitrogens with zero attached hydrogens (tertiary/aromatic N) is 6. The molecule has 0 saturated heterocycles. The molecule has 21 heteroatoms. The van der Waals surface area contributed by atoms with E-state index in [1.165, 1.54) is 11.2 Å². The van der Waals surface area contributed by atoms with Crippen LogP contribution in [0.15, 0.2) is 30.7 Å². The van der Waals surface area contributed by atoms with Gasteiger partial charge in [0.25, 0.3) is 5.91 Å². The highest BCUT2D eigenvalue weighted by Crippen LogP contribution is 2.43. The number of aliphatic hydroxyl groups is 1. The highest BCUT2D eigenvalue weighted by molar-refractivity contribution is 6.32. The lowest BCUT2D eigenvalue weighted by Gasteiger charge is -2.23. The second-order valence-corrected chi connectivity index (χ2v) is 10.5. The van der Waals surface area contributed by atoms with E-state index in [1.54, 1.807) is 31.0 Å². The fraction of sp³-hybridized carbons (Fsp3) is 0.345. The van der Waals surface area contributed by atoms with Gasteiger partial charge in [-0.05, 0) is 38.5 Å². The number of alkyl halides is 6. The molecule has 0 aliphatic rings. The van der Waals surface area contributed by atoms with E-state index in [-0.39, 0.29) is 24.4 Å². The Morgan fingerprint density at radius 1 is 1.04 bits per heavy atom. The molecule has 5 N–H and O–H groups in total. The quantitative estimate of drug-likeness (QED) is 0.187. The number of hydrogen-bond acceptors (Lipinski definition) is 10. The number of carboxylic acid groups (broad SMARTS) is 2. The van der Waals surface area contributed by atoms with Crippen molar-refractivity contribution >= 4 is 46.3 Å². The number of aromatic nitrogens is 5. The predicted octanol–water partition coefficient (Wildman–Crippen LogP) is 4.90. The highest BCUT2D eigenvalue weighted by atomic mass is 35.5. The van der Waals surface area contributed by atoms with Crippen LogP contribution in [0.3, 0.4) is 0 Å². The van der Waals surface area contributed by atoms with Crippen molar-refractivity contribution in [1.29, 1.82) is 0 Å². The number of amides is 1. The summed E-state index contributed by atoms with van der Waals surface area (Å²) in [5, 5.41) is 29.7. The van der Waals surface area contributed by atoms with E-state index in [0.29, 0.717) is 39.8 Å². The third-order valence-corrected chi connectivity index (χ3v) is 6.91. The number of nitrogens with two attached hydrogens (primary N) is 1. The summed E-state index contributed by atoms with van der Waals surface area (Å²) < 4.78 is 71.3. The lowest BCUT2D eigenvalue weighted by atomic mass is 9.94. The molecule has 1 aromatic carbocycles. The number of nitrogen functional groups attached to an aromatic ring is 1. The van der Waals surface area contributed by atoms with E-state index in [1.807, 2.05) is 32.9 Å². The lowest BCUT2D eigenvalue weighted by Crippen LogP contribution is -2.22. The maximum atomic E-state index is 12.3. The minimum absolute atomic E-state index is 0.185. The summed E-state index contributed by atoms with van der Waals surface area (Å²) in [4.78, 5) is 44.4. The molecular formula is C29H30ClF6N7O7. The van der Waals surface area contributed by atoms with Crippen LogP contribution in [0.4, 0.5) is 32.2 Å². The third-order valence-electron chi connectivity index (χ3n) is 6.51. The van der Waals surface area contributed by atoms with Crippen LogP contribution in [0, 0.1) is 6.92 Å². The number of carbonyl (C=O) groups is 3. The summed E-state index contributed by atoms with van der Waals surface area (Å²) in [6.07, 6.45) is -7.16. The first-order valence-corrected chi connectivity index (χ1v) is 14.3. The number of ether oxygens (including phenoxy) is 1. The van der Waals surface area contributed by atoms with Gasteiger partial charge in [0.1, 0.15) is 29.3 Å². The summed E-state index contributed by atoms with van der Waals surface area (Å²) >= 11 is 6.72. The van der Waals surface area contributed by atoms with Crippen molar-refractivity contribution in [1.82, 2.24) is 29.6 Å². The number of aliphatic carboxylic acids is 2. The smallest absolute Gasteiger partial charge is 0.490 e. The number of carboxylic acids is 2. The SMILES string of the molecule is CCOc1c(C(C)n2nc(CO)c3c(N)ncnc32)cc(Cl)c(C)c1-c1ccc(C(=O)N(C)C)nc1.O=C(O)C(F)(F)F.O=C(O)C(F)(F)F. The number of anilines is 1. The zero-order valence-electron chi connectivity index (χ0n) is 26.8. The first-order valence-electron chi connectivity index (χ1n) is 13.9. The molecule has 0 radical (unpaired) electrons. The van der Waals surface area contributed by atoms with Gasteiger partial charge in [-0.1, -0.05) is 17.7 Å². The minimum Gasteiger partial charge on any atom is -0.493 e. The van der Waals surface area contributed by atoms with E-state index in [2.05, 4.69) is 20.1 Å². The molecule has 1 atom stereocenters. The Balaban J connectivity index is 0.000000521. The van der Waals surface area contributed by atoms with Crippen molar-refractivity contribution < 1.29 is 60.8 Å². The normalized spacial score (nSPS) is 11.9. The number of fused-ring (bicyclic) bond motifs is 1. The molecule has 1 amide bonds. The van der Waals surface area contributed by atoms with Gasteiger partial charge in [0, 0.05) is 42.0 Å². The topological polar surface area (TPSA) is 207 Å². The van der Waals surface area contributed by atoms with Crippen molar-refractivity contribution in [3.63, 3.8) is 0 Å². The second-order valence-electron chi connectivity index (χ2n) is 10.1. The van der Waals surface area contributed by atoms with Crippen LogP contribution in [0.5, 0.6) is 5.75 Å². The zero-order chi connectivity index (χ0) is 38.3. The number of halogens is 7. The Morgan fingerprint density at radius 3 is 2.04 bits per heavy atom. The number of benzene rings is 1. The van der Waals surface area contributed by atoms with Crippen LogP contribution in [0.2, 0.25) is 5.02 Å². The van der Waals surface area contributed by atoms with Crippen molar-refractivity contribution in [3.8, 4) is 16.9 Å². The third kappa shape index (κ3) is 9.68. The fourth-order valence-corrected chi connectivity index (χ4v) is 4.39. The Morgan fingerprint density at radius 2 is 1.60 bits per heavy atom. The lowest BCUT2D eigenvalue weighted by molar-refractivity contribution is -0.193. The zero-order valence-corrected chi connectivity index (χ0v) is 27.5. The van der Waals surface area contributed by atoms with Crippen molar-refractivity contribution in [2.45, 2.75) is 45.8 Å². The van der Waals surface area contributed by atoms with Crippen LogP contribution in [0.1, 0.15) is 47.2 Å². The standard InChI is InChI=1S/C25H28ClN7O3.2C2HF3O2/c1-6-36-22-16(14(3)33-24-21(19(11-34)31-33)23(27)29-12-30-24)9-17(26)13(2)20(22)15-7-8-18(28-10-15)25(35)32(4)5;2*3-2(4,5)1(6)7/h7-10,12,14,34H,6,11H2,1-5H3,(H2,27,29,30);2*(H,6,7). The number of carbonyl (C=O) groups excluding carboxylic acids is 1. The molecule has 4 rings (SSSR count). The molecule has 0 bridgehead atoms. The molecule has 3 aromatic heterocycles. The molecule has 3 heterocycles. The first kappa shape index (κ1) is 40.9. The molecule has 0 aliphatic heterocycles. The van der Waals surface area contributed by atoms with E-state index in [0.717, 1.165) is 22.3 Å². The van der Waals surface area contributed by atoms with Crippen LogP contribution in [0.25, 0.3) is 22.2 Å². The fourth-order valence-electron chi connectivity index (χ4n) is 4.18. The summed E-state index contributed by atoms with van der Waals surface area (Å²) in [5.74, 6) is -4.83. The van der Waals surface area contributed by atoms with Gasteiger partial charge in [0.05, 0.1) is 24.6 Å². The Hall–Kier alpha value is -5.24. The molecule has 0 saturated carbocycles. The number of aliphatic hydroxyl groups excluding tert-OH is 1. The van der Waals surface area contributed by atoms with Gasteiger partial charge in [-0.2, -0.15) is 31.4 Å². The minimum atomic E-state index is -5.08. The summed E-state index contributed by atoms with van der Waals surface area (Å²) in [6, 6.07) is 4.98. The Bertz CT molecular complexity index is 1830. The predicted molar refractivity (Wildman–Crippen MR) is 165 cm³/mol. The van der Waals surface area contributed by atoms with Gasteiger partial charge in [-0.25, -0.2) is 24.2 Å². The first-order chi connectivity index (χ1) is 23.1. The van der Waals surface area contributed by atoms with Crippen LogP contribution in [-0.4, -0.2) is 95.9 Å². The van der Waals surface area contributed by atoms with Crippen molar-refractivity contribution in [2.24, 2.45) is 0 Å².